The van der Waals surface area contributed by atoms with Gasteiger partial charge in [0.05, 0.1) is 13.5 Å². The minimum absolute atomic E-state index is 0.0333. The van der Waals surface area contributed by atoms with Crippen molar-refractivity contribution >= 4 is 17.7 Å². The van der Waals surface area contributed by atoms with Gasteiger partial charge in [-0.15, -0.1) is 0 Å². The zero-order valence-electron chi connectivity index (χ0n) is 9.77. The number of aliphatic carboxylic acids is 1. The summed E-state index contributed by atoms with van der Waals surface area (Å²) in [6.45, 7) is 1.82. The summed E-state index contributed by atoms with van der Waals surface area (Å²) in [6, 6.07) is 4.69. The van der Waals surface area contributed by atoms with E-state index in [1.165, 1.54) is 24.9 Å². The van der Waals surface area contributed by atoms with Crippen molar-refractivity contribution in [2.75, 3.05) is 7.11 Å². The number of rotatable bonds is 6. The van der Waals surface area contributed by atoms with Gasteiger partial charge < -0.3 is 9.84 Å². The van der Waals surface area contributed by atoms with Gasteiger partial charge >= 0.3 is 5.97 Å². The van der Waals surface area contributed by atoms with Gasteiger partial charge in [0.1, 0.15) is 11.6 Å². The Balaban J connectivity index is 2.54. The number of benzene rings is 1. The Bertz CT molecular complexity index is 395. The molecule has 0 saturated carbocycles. The second kappa shape index (κ2) is 6.49. The van der Waals surface area contributed by atoms with Gasteiger partial charge in [0.25, 0.3) is 0 Å². The molecule has 0 heterocycles. The van der Waals surface area contributed by atoms with E-state index in [1.807, 2.05) is 6.92 Å². The number of carbonyl (C=O) groups is 1. The standard InChI is InChI=1S/C12H15FO3S/c1-8(5-12(14)15)17-7-9-3-4-10(16-2)6-11(9)13/h3-4,6,8H,5,7H2,1-2H3,(H,14,15). The first-order valence-electron chi connectivity index (χ1n) is 5.18. The average Bonchev–Trinajstić information content (AvgIpc) is 2.26. The van der Waals surface area contributed by atoms with Gasteiger partial charge in [-0.3, -0.25) is 4.79 Å². The van der Waals surface area contributed by atoms with Crippen LogP contribution in [0.3, 0.4) is 0 Å². The molecule has 0 aliphatic rings. The van der Waals surface area contributed by atoms with Crippen LogP contribution in [0.15, 0.2) is 18.2 Å². The second-order valence-electron chi connectivity index (χ2n) is 3.68. The second-order valence-corrected chi connectivity index (χ2v) is 5.10. The summed E-state index contributed by atoms with van der Waals surface area (Å²) in [5, 5.41) is 8.57. The van der Waals surface area contributed by atoms with Crippen LogP contribution in [0.4, 0.5) is 4.39 Å². The van der Waals surface area contributed by atoms with E-state index in [2.05, 4.69) is 0 Å². The quantitative estimate of drug-likeness (QED) is 0.852. The molecule has 1 aromatic carbocycles. The summed E-state index contributed by atoms with van der Waals surface area (Å²) in [5.41, 5.74) is 0.563. The Labute approximate surface area is 104 Å². The lowest BCUT2D eigenvalue weighted by Crippen LogP contribution is -2.06. The van der Waals surface area contributed by atoms with E-state index in [4.69, 9.17) is 9.84 Å². The molecule has 1 aromatic rings. The van der Waals surface area contributed by atoms with E-state index in [0.29, 0.717) is 17.1 Å². The summed E-state index contributed by atoms with van der Waals surface area (Å²) in [4.78, 5) is 10.5. The summed E-state index contributed by atoms with van der Waals surface area (Å²) >= 11 is 1.42. The number of thioether (sulfide) groups is 1. The Kier molecular flexibility index (Phi) is 5.28. The van der Waals surface area contributed by atoms with E-state index < -0.39 is 5.97 Å². The number of methoxy groups -OCH3 is 1. The van der Waals surface area contributed by atoms with Crippen molar-refractivity contribution in [2.45, 2.75) is 24.3 Å². The molecule has 0 aromatic heterocycles. The normalized spacial score (nSPS) is 12.2. The van der Waals surface area contributed by atoms with E-state index in [1.54, 1.807) is 12.1 Å². The van der Waals surface area contributed by atoms with Crippen LogP contribution in [-0.4, -0.2) is 23.4 Å². The van der Waals surface area contributed by atoms with Gasteiger partial charge in [-0.1, -0.05) is 13.0 Å². The molecule has 1 N–H and O–H groups in total. The molecule has 17 heavy (non-hydrogen) atoms. The van der Waals surface area contributed by atoms with Crippen LogP contribution in [0.2, 0.25) is 0 Å². The molecule has 0 amide bonds. The first kappa shape index (κ1) is 13.8. The molecule has 0 radical (unpaired) electrons. The number of halogens is 1. The molecule has 0 aliphatic carbocycles. The van der Waals surface area contributed by atoms with Crippen LogP contribution in [0.5, 0.6) is 5.75 Å². The van der Waals surface area contributed by atoms with Gasteiger partial charge in [0.2, 0.25) is 0 Å². The highest BCUT2D eigenvalue weighted by Crippen LogP contribution is 2.24. The molecule has 0 bridgehead atoms. The lowest BCUT2D eigenvalue weighted by atomic mass is 10.2. The van der Waals surface area contributed by atoms with Crippen molar-refractivity contribution in [2.24, 2.45) is 0 Å². The highest BCUT2D eigenvalue weighted by atomic mass is 32.2. The van der Waals surface area contributed by atoms with Crippen molar-refractivity contribution in [1.29, 1.82) is 0 Å². The van der Waals surface area contributed by atoms with Crippen LogP contribution in [-0.2, 0) is 10.5 Å². The van der Waals surface area contributed by atoms with Crippen molar-refractivity contribution in [3.8, 4) is 5.75 Å². The molecule has 3 nitrogen and oxygen atoms in total. The van der Waals surface area contributed by atoms with Gasteiger partial charge in [0, 0.05) is 17.1 Å². The van der Waals surface area contributed by atoms with Crippen LogP contribution in [0, 0.1) is 5.82 Å². The fourth-order valence-electron chi connectivity index (χ4n) is 1.31. The number of ether oxygens (including phenoxy) is 1. The fourth-order valence-corrected chi connectivity index (χ4v) is 2.27. The SMILES string of the molecule is COc1ccc(CSC(C)CC(=O)O)c(F)c1. The Morgan fingerprint density at radius 3 is 2.82 bits per heavy atom. The zero-order chi connectivity index (χ0) is 12.8. The Hall–Kier alpha value is -1.23. The monoisotopic (exact) mass is 258 g/mol. The van der Waals surface area contributed by atoms with Gasteiger partial charge in [0.15, 0.2) is 0 Å². The predicted molar refractivity (Wildman–Crippen MR) is 66.0 cm³/mol. The average molecular weight is 258 g/mol. The number of hydrogen-bond donors (Lipinski definition) is 1. The van der Waals surface area contributed by atoms with Crippen LogP contribution < -0.4 is 4.74 Å². The summed E-state index contributed by atoms with van der Waals surface area (Å²) < 4.78 is 18.4. The Morgan fingerprint density at radius 1 is 1.59 bits per heavy atom. The Morgan fingerprint density at radius 2 is 2.29 bits per heavy atom. The van der Waals surface area contributed by atoms with Crippen molar-refractivity contribution in [1.82, 2.24) is 0 Å². The highest BCUT2D eigenvalue weighted by molar-refractivity contribution is 7.99. The summed E-state index contributed by atoms with van der Waals surface area (Å²) in [6.07, 6.45) is 0.0858. The molecule has 0 spiro atoms. The lowest BCUT2D eigenvalue weighted by molar-refractivity contribution is -0.136. The van der Waals surface area contributed by atoms with Crippen molar-refractivity contribution < 1.29 is 19.0 Å². The molecule has 1 rings (SSSR count). The maximum Gasteiger partial charge on any atom is 0.304 e. The molecule has 0 saturated heterocycles. The third-order valence-corrected chi connectivity index (χ3v) is 3.46. The third kappa shape index (κ3) is 4.65. The topological polar surface area (TPSA) is 46.5 Å². The highest BCUT2D eigenvalue weighted by Gasteiger charge is 2.10. The molecule has 0 aliphatic heterocycles. The minimum Gasteiger partial charge on any atom is -0.497 e. The smallest absolute Gasteiger partial charge is 0.304 e. The van der Waals surface area contributed by atoms with Gasteiger partial charge in [-0.25, -0.2) is 4.39 Å². The molecule has 1 atom stereocenters. The fraction of sp³-hybridized carbons (Fsp3) is 0.417. The summed E-state index contributed by atoms with van der Waals surface area (Å²) in [7, 11) is 1.48. The molecule has 1 unspecified atom stereocenters. The predicted octanol–water partition coefficient (Wildman–Crippen LogP) is 2.93. The zero-order valence-corrected chi connectivity index (χ0v) is 10.6. The van der Waals surface area contributed by atoms with E-state index in [9.17, 15) is 9.18 Å². The summed E-state index contributed by atoms with van der Waals surface area (Å²) in [5.74, 6) is -0.209. The molecule has 5 heteroatoms. The van der Waals surface area contributed by atoms with E-state index in [-0.39, 0.29) is 17.5 Å². The lowest BCUT2D eigenvalue weighted by Gasteiger charge is -2.09. The van der Waals surface area contributed by atoms with E-state index >= 15 is 0 Å². The molecular formula is C12H15FO3S. The minimum atomic E-state index is -0.833. The van der Waals surface area contributed by atoms with Gasteiger partial charge in [-0.2, -0.15) is 11.8 Å². The molecule has 94 valence electrons. The first-order chi connectivity index (χ1) is 8.02. The van der Waals surface area contributed by atoms with Crippen molar-refractivity contribution in [3.63, 3.8) is 0 Å². The maximum atomic E-state index is 13.5. The largest absolute Gasteiger partial charge is 0.497 e. The van der Waals surface area contributed by atoms with Crippen LogP contribution in [0.25, 0.3) is 0 Å². The van der Waals surface area contributed by atoms with Crippen molar-refractivity contribution in [3.05, 3.63) is 29.6 Å². The molecular weight excluding hydrogens is 243 g/mol. The van der Waals surface area contributed by atoms with Crippen LogP contribution in [0.1, 0.15) is 18.9 Å². The third-order valence-electron chi connectivity index (χ3n) is 2.25. The maximum absolute atomic E-state index is 13.5. The molecule has 0 fully saturated rings. The number of carboxylic acids is 1. The van der Waals surface area contributed by atoms with Crippen LogP contribution >= 0.6 is 11.8 Å². The first-order valence-corrected chi connectivity index (χ1v) is 6.23. The van der Waals surface area contributed by atoms with Gasteiger partial charge in [-0.05, 0) is 11.6 Å². The number of hydrogen-bond acceptors (Lipinski definition) is 3. The van der Waals surface area contributed by atoms with E-state index in [0.717, 1.165) is 0 Å². The number of carboxylic acid groups (broad SMARTS) is 1.